The monoisotopic (exact) mass is 246 g/mol. The number of allylic oxidation sites excluding steroid dienone is 2. The second-order valence-electron chi connectivity index (χ2n) is 4.66. The molecule has 0 spiro atoms. The van der Waals surface area contributed by atoms with Crippen LogP contribution in [0.3, 0.4) is 0 Å². The Balaban J connectivity index is 1.92. The number of alkyl halides is 3. The van der Waals surface area contributed by atoms with Crippen LogP contribution in [0.15, 0.2) is 23.8 Å². The maximum Gasteiger partial charge on any atom is 0.416 e. The summed E-state index contributed by atoms with van der Waals surface area (Å²) in [6, 6.07) is 0.134. The normalized spacial score (nSPS) is 28.2. The van der Waals surface area contributed by atoms with Crippen LogP contribution in [0.1, 0.15) is 6.42 Å². The molecule has 1 aliphatic heterocycles. The maximum absolute atomic E-state index is 12.4. The summed E-state index contributed by atoms with van der Waals surface area (Å²) in [4.78, 5) is 4.49. The third-order valence-electron chi connectivity index (χ3n) is 3.41. The van der Waals surface area contributed by atoms with Gasteiger partial charge in [-0.2, -0.15) is 13.2 Å². The lowest BCUT2D eigenvalue weighted by Crippen LogP contribution is -2.48. The summed E-state index contributed by atoms with van der Waals surface area (Å²) in [6.45, 7) is 3.84. The lowest BCUT2D eigenvalue weighted by atomic mass is 10.0. The molecule has 2 nitrogen and oxygen atoms in total. The summed E-state index contributed by atoms with van der Waals surface area (Å²) in [5.74, 6) is 0. The van der Waals surface area contributed by atoms with E-state index in [1.165, 1.54) is 12.2 Å². The topological polar surface area (TPSA) is 6.48 Å². The molecule has 96 valence electrons. The van der Waals surface area contributed by atoms with Crippen molar-refractivity contribution < 1.29 is 13.2 Å². The number of nitrogens with zero attached hydrogens (tertiary/aromatic N) is 2. The van der Waals surface area contributed by atoms with Gasteiger partial charge in [0.2, 0.25) is 0 Å². The summed E-state index contributed by atoms with van der Waals surface area (Å²) in [6.07, 6.45) is 0.474. The second kappa shape index (κ2) is 4.82. The molecule has 0 radical (unpaired) electrons. The van der Waals surface area contributed by atoms with Crippen LogP contribution in [-0.4, -0.2) is 55.2 Å². The van der Waals surface area contributed by atoms with Gasteiger partial charge in [-0.1, -0.05) is 18.2 Å². The third-order valence-corrected chi connectivity index (χ3v) is 3.41. The Morgan fingerprint density at radius 1 is 1.18 bits per heavy atom. The molecule has 1 fully saturated rings. The number of rotatable bonds is 1. The van der Waals surface area contributed by atoms with Crippen molar-refractivity contribution in [3.63, 3.8) is 0 Å². The van der Waals surface area contributed by atoms with E-state index in [1.54, 1.807) is 6.08 Å². The molecule has 0 N–H and O–H groups in total. The van der Waals surface area contributed by atoms with E-state index in [9.17, 15) is 13.2 Å². The molecule has 0 saturated carbocycles. The van der Waals surface area contributed by atoms with Crippen molar-refractivity contribution in [1.82, 2.24) is 9.80 Å². The highest BCUT2D eigenvalue weighted by Gasteiger charge is 2.33. The molecule has 5 heteroatoms. The van der Waals surface area contributed by atoms with Crippen LogP contribution < -0.4 is 0 Å². The molecule has 2 rings (SSSR count). The van der Waals surface area contributed by atoms with Gasteiger partial charge in [-0.3, -0.25) is 4.90 Å². The van der Waals surface area contributed by atoms with E-state index in [-0.39, 0.29) is 6.04 Å². The zero-order valence-corrected chi connectivity index (χ0v) is 9.87. The lowest BCUT2D eigenvalue weighted by molar-refractivity contribution is -0.0888. The Labute approximate surface area is 99.4 Å². The fourth-order valence-electron chi connectivity index (χ4n) is 2.24. The molecule has 0 bridgehead atoms. The Bertz CT molecular complexity index is 325. The average Bonchev–Trinajstić information content (AvgIpc) is 2.29. The number of likely N-dealkylation sites (N-methyl/N-ethyl adjacent to an activating group) is 1. The minimum atomic E-state index is -4.20. The van der Waals surface area contributed by atoms with Crippen LogP contribution in [0.2, 0.25) is 0 Å². The Morgan fingerprint density at radius 3 is 2.29 bits per heavy atom. The first-order valence-corrected chi connectivity index (χ1v) is 5.85. The number of hydrogen-bond acceptors (Lipinski definition) is 2. The minimum absolute atomic E-state index is 0.134. The van der Waals surface area contributed by atoms with E-state index in [0.29, 0.717) is 6.42 Å². The van der Waals surface area contributed by atoms with Crippen molar-refractivity contribution in [3.8, 4) is 0 Å². The molecule has 0 amide bonds. The SMILES string of the molecule is CN1CCN(C2C=CC(C(F)(F)F)=CC2)CC1. The molecular formula is C12H17F3N2. The van der Waals surface area contributed by atoms with E-state index in [2.05, 4.69) is 16.8 Å². The standard InChI is InChI=1S/C12H17F3N2/c1-16-6-8-17(9-7-16)11-4-2-10(3-5-11)12(13,14)15/h2-4,11H,5-9H2,1H3. The highest BCUT2D eigenvalue weighted by atomic mass is 19.4. The molecule has 1 saturated heterocycles. The van der Waals surface area contributed by atoms with Crippen molar-refractivity contribution in [2.24, 2.45) is 0 Å². The highest BCUT2D eigenvalue weighted by Crippen LogP contribution is 2.30. The first-order valence-electron chi connectivity index (χ1n) is 5.85. The fraction of sp³-hybridized carbons (Fsp3) is 0.667. The molecule has 0 aromatic carbocycles. The molecule has 1 heterocycles. The molecular weight excluding hydrogens is 229 g/mol. The van der Waals surface area contributed by atoms with Crippen molar-refractivity contribution in [2.45, 2.75) is 18.6 Å². The molecule has 2 aliphatic rings. The van der Waals surface area contributed by atoms with Crippen molar-refractivity contribution in [3.05, 3.63) is 23.8 Å². The summed E-state index contributed by atoms with van der Waals surface area (Å²) < 4.78 is 37.3. The van der Waals surface area contributed by atoms with Crippen molar-refractivity contribution >= 4 is 0 Å². The third kappa shape index (κ3) is 3.10. The van der Waals surface area contributed by atoms with Gasteiger partial charge in [-0.05, 0) is 13.5 Å². The zero-order valence-electron chi connectivity index (χ0n) is 9.87. The maximum atomic E-state index is 12.4. The predicted octanol–water partition coefficient (Wildman–Crippen LogP) is 2.05. The molecule has 1 unspecified atom stereocenters. The number of piperazine rings is 1. The molecule has 1 atom stereocenters. The highest BCUT2D eigenvalue weighted by molar-refractivity contribution is 5.29. The lowest BCUT2D eigenvalue weighted by Gasteiger charge is -2.37. The summed E-state index contributed by atoms with van der Waals surface area (Å²) in [5, 5.41) is 0. The molecule has 17 heavy (non-hydrogen) atoms. The predicted molar refractivity (Wildman–Crippen MR) is 60.8 cm³/mol. The largest absolute Gasteiger partial charge is 0.416 e. The van der Waals surface area contributed by atoms with Gasteiger partial charge in [0.1, 0.15) is 0 Å². The van der Waals surface area contributed by atoms with Crippen LogP contribution in [0.25, 0.3) is 0 Å². The quantitative estimate of drug-likeness (QED) is 0.698. The summed E-state index contributed by atoms with van der Waals surface area (Å²) >= 11 is 0. The van der Waals surface area contributed by atoms with Crippen LogP contribution in [0.5, 0.6) is 0 Å². The first kappa shape index (κ1) is 12.6. The van der Waals surface area contributed by atoms with E-state index in [4.69, 9.17) is 0 Å². The van der Waals surface area contributed by atoms with Gasteiger partial charge in [-0.25, -0.2) is 0 Å². The van der Waals surface area contributed by atoms with E-state index >= 15 is 0 Å². The van der Waals surface area contributed by atoms with Gasteiger partial charge < -0.3 is 4.90 Å². The van der Waals surface area contributed by atoms with Gasteiger partial charge in [-0.15, -0.1) is 0 Å². The van der Waals surface area contributed by atoms with E-state index in [0.717, 1.165) is 26.2 Å². The van der Waals surface area contributed by atoms with E-state index < -0.39 is 11.7 Å². The Kier molecular flexibility index (Phi) is 3.58. The molecule has 0 aromatic heterocycles. The van der Waals surface area contributed by atoms with Gasteiger partial charge in [0.05, 0.1) is 5.57 Å². The average molecular weight is 246 g/mol. The summed E-state index contributed by atoms with van der Waals surface area (Å²) in [5.41, 5.74) is -0.511. The zero-order chi connectivity index (χ0) is 12.5. The number of halogens is 3. The van der Waals surface area contributed by atoms with E-state index in [1.807, 2.05) is 0 Å². The van der Waals surface area contributed by atoms with Gasteiger partial charge in [0.15, 0.2) is 0 Å². The van der Waals surface area contributed by atoms with Gasteiger partial charge in [0, 0.05) is 32.2 Å². The Morgan fingerprint density at radius 2 is 1.82 bits per heavy atom. The minimum Gasteiger partial charge on any atom is -0.304 e. The van der Waals surface area contributed by atoms with Crippen LogP contribution in [-0.2, 0) is 0 Å². The first-order chi connectivity index (χ1) is 7.97. The molecule has 0 aromatic rings. The fourth-order valence-corrected chi connectivity index (χ4v) is 2.24. The Hall–Kier alpha value is -0.810. The van der Waals surface area contributed by atoms with Crippen molar-refractivity contribution in [1.29, 1.82) is 0 Å². The van der Waals surface area contributed by atoms with Crippen LogP contribution in [0.4, 0.5) is 13.2 Å². The second-order valence-corrected chi connectivity index (χ2v) is 4.66. The van der Waals surface area contributed by atoms with Gasteiger partial charge in [0.25, 0.3) is 0 Å². The van der Waals surface area contributed by atoms with Crippen LogP contribution >= 0.6 is 0 Å². The smallest absolute Gasteiger partial charge is 0.304 e. The van der Waals surface area contributed by atoms with Gasteiger partial charge >= 0.3 is 6.18 Å². The number of hydrogen-bond donors (Lipinski definition) is 0. The van der Waals surface area contributed by atoms with Crippen molar-refractivity contribution in [2.75, 3.05) is 33.2 Å². The molecule has 1 aliphatic carbocycles. The summed E-state index contributed by atoms with van der Waals surface area (Å²) in [7, 11) is 2.07. The van der Waals surface area contributed by atoms with Crippen LogP contribution in [0, 0.1) is 0 Å².